The van der Waals surface area contributed by atoms with Gasteiger partial charge in [-0.25, -0.2) is 4.79 Å². The van der Waals surface area contributed by atoms with Crippen LogP contribution >= 0.6 is 0 Å². The van der Waals surface area contributed by atoms with Gasteiger partial charge in [0.25, 0.3) is 5.69 Å². The molecule has 0 atom stereocenters. The third-order valence-electron chi connectivity index (χ3n) is 4.34. The number of Topliss-reactive ketones (excluding diaryl/α,β-unsaturated/α-hetero) is 1. The van der Waals surface area contributed by atoms with Crippen molar-refractivity contribution in [3.8, 4) is 11.5 Å². The minimum absolute atomic E-state index is 0.0856. The molecule has 0 aliphatic carbocycles. The van der Waals surface area contributed by atoms with Gasteiger partial charge < -0.3 is 14.2 Å². The molecule has 2 aromatic carbocycles. The molecular formula is C20H19NO7. The molecule has 0 spiro atoms. The number of nitro groups is 1. The number of unbranched alkanes of at least 4 members (excludes halogenated alkanes) is 1. The Bertz CT molecular complexity index is 906. The van der Waals surface area contributed by atoms with Gasteiger partial charge in [0.2, 0.25) is 6.79 Å². The molecule has 3 rings (SSSR count). The summed E-state index contributed by atoms with van der Waals surface area (Å²) < 4.78 is 15.2. The summed E-state index contributed by atoms with van der Waals surface area (Å²) in [5.74, 6) is -0.967. The van der Waals surface area contributed by atoms with E-state index in [1.165, 1.54) is 6.07 Å². The van der Waals surface area contributed by atoms with Gasteiger partial charge in [-0.1, -0.05) is 37.6 Å². The van der Waals surface area contributed by atoms with Crippen molar-refractivity contribution in [1.82, 2.24) is 0 Å². The highest BCUT2D eigenvalue weighted by Crippen LogP contribution is 2.38. The number of carbonyl (C=O) groups excluding carboxylic acids is 2. The topological polar surface area (TPSA) is 105 Å². The Morgan fingerprint density at radius 2 is 1.82 bits per heavy atom. The highest BCUT2D eigenvalue weighted by Gasteiger charge is 2.28. The first kappa shape index (κ1) is 19.3. The van der Waals surface area contributed by atoms with Crippen LogP contribution in [0.3, 0.4) is 0 Å². The second kappa shape index (κ2) is 8.51. The minimum Gasteiger partial charge on any atom is -0.454 e. The van der Waals surface area contributed by atoms with Gasteiger partial charge in [0, 0.05) is 11.6 Å². The lowest BCUT2D eigenvalue weighted by atomic mass is 10.0. The highest BCUT2D eigenvalue weighted by atomic mass is 16.7. The Morgan fingerprint density at radius 1 is 1.14 bits per heavy atom. The second-order valence-electron chi connectivity index (χ2n) is 6.28. The molecule has 8 heteroatoms. The summed E-state index contributed by atoms with van der Waals surface area (Å²) >= 11 is 0. The minimum atomic E-state index is -0.974. The second-order valence-corrected chi connectivity index (χ2v) is 6.28. The predicted octanol–water partition coefficient (Wildman–Crippen LogP) is 3.71. The normalized spacial score (nSPS) is 11.9. The predicted molar refractivity (Wildman–Crippen MR) is 98.9 cm³/mol. The van der Waals surface area contributed by atoms with E-state index in [9.17, 15) is 19.7 Å². The first-order valence-corrected chi connectivity index (χ1v) is 8.87. The fourth-order valence-electron chi connectivity index (χ4n) is 2.78. The average molecular weight is 385 g/mol. The smallest absolute Gasteiger partial charge is 0.345 e. The molecule has 0 saturated heterocycles. The molecule has 0 aromatic heterocycles. The molecule has 1 aliphatic rings. The number of benzene rings is 2. The van der Waals surface area contributed by atoms with E-state index in [2.05, 4.69) is 6.92 Å². The maximum atomic E-state index is 12.3. The van der Waals surface area contributed by atoms with E-state index < -0.39 is 29.0 Å². The number of esters is 1. The Morgan fingerprint density at radius 3 is 2.46 bits per heavy atom. The van der Waals surface area contributed by atoms with Gasteiger partial charge in [-0.05, 0) is 18.4 Å². The summed E-state index contributed by atoms with van der Waals surface area (Å²) in [4.78, 5) is 35.1. The number of nitro benzene ring substituents is 1. The number of fused-ring (bicyclic) bond motifs is 1. The number of aryl methyl sites for hydroxylation is 1. The van der Waals surface area contributed by atoms with Crippen LogP contribution in [0.1, 0.15) is 46.0 Å². The molecule has 2 aromatic rings. The van der Waals surface area contributed by atoms with Crippen molar-refractivity contribution in [3.05, 3.63) is 63.2 Å². The first-order valence-electron chi connectivity index (χ1n) is 8.87. The molecule has 0 N–H and O–H groups in total. The van der Waals surface area contributed by atoms with Crippen LogP contribution < -0.4 is 9.47 Å². The van der Waals surface area contributed by atoms with Gasteiger partial charge in [0.15, 0.2) is 23.9 Å². The summed E-state index contributed by atoms with van der Waals surface area (Å²) in [6.07, 6.45) is 3.09. The molecule has 1 aliphatic heterocycles. The van der Waals surface area contributed by atoms with E-state index in [0.717, 1.165) is 30.9 Å². The Hall–Kier alpha value is -3.42. The van der Waals surface area contributed by atoms with Crippen LogP contribution in [0.4, 0.5) is 5.69 Å². The van der Waals surface area contributed by atoms with Crippen molar-refractivity contribution in [3.63, 3.8) is 0 Å². The molecule has 0 fully saturated rings. The van der Waals surface area contributed by atoms with Gasteiger partial charge in [0.05, 0.1) is 11.0 Å². The maximum absolute atomic E-state index is 12.3. The van der Waals surface area contributed by atoms with Gasteiger partial charge in [0.1, 0.15) is 5.56 Å². The van der Waals surface area contributed by atoms with Crippen LogP contribution in [0.15, 0.2) is 36.4 Å². The van der Waals surface area contributed by atoms with Crippen molar-refractivity contribution >= 4 is 17.4 Å². The van der Waals surface area contributed by atoms with E-state index in [1.54, 1.807) is 12.1 Å². The third-order valence-corrected chi connectivity index (χ3v) is 4.34. The Labute approximate surface area is 161 Å². The SMILES string of the molecule is CCCCc1ccc(C(=O)COC(=O)c2cc3c(cc2[N+](=O)[O-])OCO3)cc1. The molecule has 0 unspecified atom stereocenters. The zero-order valence-corrected chi connectivity index (χ0v) is 15.3. The van der Waals surface area contributed by atoms with Crippen molar-refractivity contribution < 1.29 is 28.7 Å². The van der Waals surface area contributed by atoms with Crippen LogP contribution in [0.5, 0.6) is 11.5 Å². The van der Waals surface area contributed by atoms with Gasteiger partial charge in [-0.2, -0.15) is 0 Å². The summed E-state index contributed by atoms with van der Waals surface area (Å²) in [6.45, 7) is 1.51. The zero-order chi connectivity index (χ0) is 20.1. The average Bonchev–Trinajstić information content (AvgIpc) is 3.17. The zero-order valence-electron chi connectivity index (χ0n) is 15.3. The van der Waals surface area contributed by atoms with E-state index >= 15 is 0 Å². The number of hydrogen-bond acceptors (Lipinski definition) is 7. The number of carbonyl (C=O) groups is 2. The monoisotopic (exact) mass is 385 g/mol. The lowest BCUT2D eigenvalue weighted by molar-refractivity contribution is -0.385. The first-order chi connectivity index (χ1) is 13.5. The molecular weight excluding hydrogens is 366 g/mol. The van der Waals surface area contributed by atoms with Crippen molar-refractivity contribution in [2.24, 2.45) is 0 Å². The molecule has 146 valence electrons. The summed E-state index contributed by atoms with van der Waals surface area (Å²) in [6, 6.07) is 9.40. The number of hydrogen-bond donors (Lipinski definition) is 0. The van der Waals surface area contributed by atoms with Crippen LogP contribution in [0, 0.1) is 10.1 Å². The van der Waals surface area contributed by atoms with E-state index in [0.29, 0.717) is 5.56 Å². The third kappa shape index (κ3) is 4.28. The van der Waals surface area contributed by atoms with Crippen LogP contribution in [-0.2, 0) is 11.2 Å². The lowest BCUT2D eigenvalue weighted by Gasteiger charge is -2.07. The molecule has 28 heavy (non-hydrogen) atoms. The highest BCUT2D eigenvalue weighted by molar-refractivity contribution is 6.00. The maximum Gasteiger partial charge on any atom is 0.345 e. The fraction of sp³-hybridized carbons (Fsp3) is 0.300. The largest absolute Gasteiger partial charge is 0.454 e. The molecule has 1 heterocycles. The van der Waals surface area contributed by atoms with Crippen molar-refractivity contribution in [2.45, 2.75) is 26.2 Å². The fourth-order valence-corrected chi connectivity index (χ4v) is 2.78. The van der Waals surface area contributed by atoms with Gasteiger partial charge in [-0.15, -0.1) is 0 Å². The summed E-state index contributed by atoms with van der Waals surface area (Å²) in [5, 5.41) is 11.2. The van der Waals surface area contributed by atoms with Crippen LogP contribution in [0.25, 0.3) is 0 Å². The van der Waals surface area contributed by atoms with Gasteiger partial charge in [-0.3, -0.25) is 14.9 Å². The van der Waals surface area contributed by atoms with E-state index in [1.807, 2.05) is 12.1 Å². The summed E-state index contributed by atoms with van der Waals surface area (Å²) in [7, 11) is 0. The quantitative estimate of drug-likeness (QED) is 0.295. The Balaban J connectivity index is 1.67. The number of nitrogens with zero attached hydrogens (tertiary/aromatic N) is 1. The number of rotatable bonds is 8. The molecule has 0 radical (unpaired) electrons. The number of ketones is 1. The molecule has 0 bridgehead atoms. The van der Waals surface area contributed by atoms with Crippen LogP contribution in [-0.4, -0.2) is 30.1 Å². The van der Waals surface area contributed by atoms with E-state index in [-0.39, 0.29) is 23.9 Å². The molecule has 0 amide bonds. The van der Waals surface area contributed by atoms with Crippen molar-refractivity contribution in [2.75, 3.05) is 13.4 Å². The standard InChI is InChI=1S/C20H19NO7/c1-2-3-4-13-5-7-14(8-6-13)17(22)11-26-20(23)15-9-18-19(28-12-27-18)10-16(15)21(24)25/h5-10H,2-4,11-12H2,1H3. The molecule has 0 saturated carbocycles. The van der Waals surface area contributed by atoms with Gasteiger partial charge >= 0.3 is 5.97 Å². The molecule has 8 nitrogen and oxygen atoms in total. The summed E-state index contributed by atoms with van der Waals surface area (Å²) in [5.41, 5.74) is 0.776. The lowest BCUT2D eigenvalue weighted by Crippen LogP contribution is -2.15. The van der Waals surface area contributed by atoms with Crippen molar-refractivity contribution in [1.29, 1.82) is 0 Å². The number of ether oxygens (including phenoxy) is 3. The van der Waals surface area contributed by atoms with Crippen LogP contribution in [0.2, 0.25) is 0 Å². The Kier molecular flexibility index (Phi) is 5.88. The van der Waals surface area contributed by atoms with E-state index in [4.69, 9.17) is 14.2 Å².